The molecular weight excluding hydrogens is 343 g/mol. The van der Waals surface area contributed by atoms with Gasteiger partial charge in [0.05, 0.1) is 17.1 Å². The summed E-state index contributed by atoms with van der Waals surface area (Å²) in [4.78, 5) is 4.31. The molecule has 0 bridgehead atoms. The summed E-state index contributed by atoms with van der Waals surface area (Å²) >= 11 is 9.42. The highest BCUT2D eigenvalue weighted by atomic mass is 79.9. The molecule has 0 amide bonds. The molecule has 102 valence electrons. The van der Waals surface area contributed by atoms with E-state index in [2.05, 4.69) is 20.9 Å². The molecule has 3 aromatic rings. The Morgan fingerprint density at radius 2 is 2.10 bits per heavy atom. The fourth-order valence-electron chi connectivity index (χ4n) is 2.34. The van der Waals surface area contributed by atoms with Crippen LogP contribution in [0, 0.1) is 12.7 Å². The number of halogens is 3. The van der Waals surface area contributed by atoms with Crippen LogP contribution in [0.25, 0.3) is 16.7 Å². The van der Waals surface area contributed by atoms with Crippen LogP contribution in [0.3, 0.4) is 0 Å². The number of imidazole rings is 1. The predicted octanol–water partition coefficient (Wildman–Crippen LogP) is 4.97. The van der Waals surface area contributed by atoms with Crippen molar-refractivity contribution in [2.24, 2.45) is 0 Å². The zero-order valence-corrected chi connectivity index (χ0v) is 13.0. The van der Waals surface area contributed by atoms with Gasteiger partial charge in [0.15, 0.2) is 5.82 Å². The molecule has 0 atom stereocenters. The quantitative estimate of drug-likeness (QED) is 0.594. The summed E-state index contributed by atoms with van der Waals surface area (Å²) in [5.74, 6) is 0.531. The van der Waals surface area contributed by atoms with E-state index in [0.717, 1.165) is 21.2 Å². The van der Waals surface area contributed by atoms with Crippen LogP contribution < -0.4 is 0 Å². The third kappa shape index (κ3) is 2.13. The van der Waals surface area contributed by atoms with Crippen LogP contribution in [-0.2, 0) is 5.88 Å². The Hall–Kier alpha value is -1.39. The highest BCUT2D eigenvalue weighted by molar-refractivity contribution is 9.10. The molecule has 2 aromatic carbocycles. The lowest BCUT2D eigenvalue weighted by molar-refractivity contribution is 0.637. The number of fused-ring (bicyclic) bond motifs is 1. The number of para-hydroxylation sites is 1. The number of hydrogen-bond acceptors (Lipinski definition) is 1. The van der Waals surface area contributed by atoms with E-state index in [-0.39, 0.29) is 11.7 Å². The van der Waals surface area contributed by atoms with Crippen LogP contribution in [-0.4, -0.2) is 9.55 Å². The van der Waals surface area contributed by atoms with Gasteiger partial charge in [-0.3, -0.25) is 4.57 Å². The van der Waals surface area contributed by atoms with Crippen LogP contribution in [0.15, 0.2) is 40.9 Å². The number of alkyl halides is 1. The molecule has 0 saturated heterocycles. The van der Waals surface area contributed by atoms with Crippen molar-refractivity contribution in [1.82, 2.24) is 9.55 Å². The average molecular weight is 354 g/mol. The predicted molar refractivity (Wildman–Crippen MR) is 83.0 cm³/mol. The van der Waals surface area contributed by atoms with Crippen LogP contribution in [0.5, 0.6) is 0 Å². The smallest absolute Gasteiger partial charge is 0.151 e. The van der Waals surface area contributed by atoms with Gasteiger partial charge in [0.25, 0.3) is 0 Å². The standard InChI is InChI=1S/C15H11BrClFN2/c1-9-7-10(16)5-6-12(9)20-13-4-2-3-11(18)15(13)19-14(20)8-17/h2-7H,8H2,1H3. The fourth-order valence-corrected chi connectivity index (χ4v) is 3.00. The molecule has 0 spiro atoms. The topological polar surface area (TPSA) is 17.8 Å². The van der Waals surface area contributed by atoms with E-state index in [1.807, 2.05) is 35.8 Å². The van der Waals surface area contributed by atoms with Gasteiger partial charge in [-0.15, -0.1) is 11.6 Å². The molecule has 1 aromatic heterocycles. The first-order chi connectivity index (χ1) is 9.61. The minimum atomic E-state index is -0.331. The summed E-state index contributed by atoms with van der Waals surface area (Å²) < 4.78 is 16.8. The summed E-state index contributed by atoms with van der Waals surface area (Å²) in [7, 11) is 0. The minimum Gasteiger partial charge on any atom is -0.295 e. The summed E-state index contributed by atoms with van der Waals surface area (Å²) in [6, 6.07) is 10.9. The van der Waals surface area contributed by atoms with E-state index in [1.165, 1.54) is 6.07 Å². The van der Waals surface area contributed by atoms with Crippen molar-refractivity contribution in [3.8, 4) is 5.69 Å². The van der Waals surface area contributed by atoms with Crippen molar-refractivity contribution < 1.29 is 4.39 Å². The highest BCUT2D eigenvalue weighted by Gasteiger charge is 2.15. The maximum absolute atomic E-state index is 13.9. The minimum absolute atomic E-state index is 0.226. The van der Waals surface area contributed by atoms with Gasteiger partial charge in [-0.2, -0.15) is 0 Å². The molecule has 3 rings (SSSR count). The van der Waals surface area contributed by atoms with Crippen molar-refractivity contribution in [1.29, 1.82) is 0 Å². The Morgan fingerprint density at radius 3 is 2.80 bits per heavy atom. The summed E-state index contributed by atoms with van der Waals surface area (Å²) in [6.45, 7) is 2.00. The summed E-state index contributed by atoms with van der Waals surface area (Å²) in [6.07, 6.45) is 0. The van der Waals surface area contributed by atoms with Gasteiger partial charge in [0.1, 0.15) is 11.3 Å². The number of aromatic nitrogens is 2. The maximum atomic E-state index is 13.9. The van der Waals surface area contributed by atoms with E-state index in [4.69, 9.17) is 11.6 Å². The lowest BCUT2D eigenvalue weighted by Crippen LogP contribution is -2.01. The first-order valence-corrected chi connectivity index (χ1v) is 7.43. The number of hydrogen-bond donors (Lipinski definition) is 0. The molecular formula is C15H11BrClFN2. The third-order valence-electron chi connectivity index (χ3n) is 3.22. The van der Waals surface area contributed by atoms with Gasteiger partial charge >= 0.3 is 0 Å². The van der Waals surface area contributed by atoms with E-state index in [9.17, 15) is 4.39 Å². The largest absolute Gasteiger partial charge is 0.295 e. The van der Waals surface area contributed by atoms with Gasteiger partial charge in [0.2, 0.25) is 0 Å². The number of nitrogens with zero attached hydrogens (tertiary/aromatic N) is 2. The third-order valence-corrected chi connectivity index (χ3v) is 3.96. The van der Waals surface area contributed by atoms with E-state index in [1.54, 1.807) is 6.07 Å². The van der Waals surface area contributed by atoms with Gasteiger partial charge in [-0.1, -0.05) is 22.0 Å². The molecule has 0 aliphatic heterocycles. The molecule has 0 fully saturated rings. The summed E-state index contributed by atoms with van der Waals surface area (Å²) in [5, 5.41) is 0. The fraction of sp³-hybridized carbons (Fsp3) is 0.133. The second kappa shape index (κ2) is 5.19. The molecule has 1 heterocycles. The first-order valence-electron chi connectivity index (χ1n) is 6.10. The first kappa shape index (κ1) is 13.6. The molecule has 0 unspecified atom stereocenters. The SMILES string of the molecule is Cc1cc(Br)ccc1-n1c(CCl)nc2c(F)cccc21. The maximum Gasteiger partial charge on any atom is 0.151 e. The van der Waals surface area contributed by atoms with E-state index in [0.29, 0.717) is 11.3 Å². The van der Waals surface area contributed by atoms with E-state index < -0.39 is 0 Å². The molecule has 0 aliphatic carbocycles. The zero-order chi connectivity index (χ0) is 14.3. The average Bonchev–Trinajstić information content (AvgIpc) is 2.79. The van der Waals surface area contributed by atoms with Crippen molar-refractivity contribution in [2.45, 2.75) is 12.8 Å². The van der Waals surface area contributed by atoms with Crippen molar-refractivity contribution in [3.05, 3.63) is 58.1 Å². The van der Waals surface area contributed by atoms with Gasteiger partial charge < -0.3 is 0 Å². The highest BCUT2D eigenvalue weighted by Crippen LogP contribution is 2.27. The Balaban J connectivity index is 2.37. The molecule has 2 nitrogen and oxygen atoms in total. The molecule has 0 N–H and O–H groups in total. The number of aryl methyl sites for hydroxylation is 1. The summed E-state index contributed by atoms with van der Waals surface area (Å²) in [5.41, 5.74) is 3.10. The second-order valence-electron chi connectivity index (χ2n) is 4.54. The van der Waals surface area contributed by atoms with Crippen LogP contribution in [0.1, 0.15) is 11.4 Å². The van der Waals surface area contributed by atoms with Crippen LogP contribution in [0.2, 0.25) is 0 Å². The van der Waals surface area contributed by atoms with E-state index >= 15 is 0 Å². The van der Waals surface area contributed by atoms with Crippen molar-refractivity contribution in [3.63, 3.8) is 0 Å². The van der Waals surface area contributed by atoms with Gasteiger partial charge in [-0.05, 0) is 42.8 Å². The lowest BCUT2D eigenvalue weighted by Gasteiger charge is -2.11. The zero-order valence-electron chi connectivity index (χ0n) is 10.7. The van der Waals surface area contributed by atoms with Gasteiger partial charge in [-0.25, -0.2) is 9.37 Å². The second-order valence-corrected chi connectivity index (χ2v) is 5.72. The van der Waals surface area contributed by atoms with Crippen molar-refractivity contribution >= 4 is 38.6 Å². The number of benzene rings is 2. The molecule has 0 radical (unpaired) electrons. The Morgan fingerprint density at radius 1 is 1.30 bits per heavy atom. The Labute approximate surface area is 129 Å². The normalized spacial score (nSPS) is 11.2. The lowest BCUT2D eigenvalue weighted by atomic mass is 10.2. The van der Waals surface area contributed by atoms with Crippen molar-refractivity contribution in [2.75, 3.05) is 0 Å². The molecule has 20 heavy (non-hydrogen) atoms. The number of rotatable bonds is 2. The Kier molecular flexibility index (Phi) is 3.52. The van der Waals surface area contributed by atoms with Gasteiger partial charge in [0, 0.05) is 4.47 Å². The Bertz CT molecular complexity index is 798. The van der Waals surface area contributed by atoms with Crippen LogP contribution in [0.4, 0.5) is 4.39 Å². The molecule has 5 heteroatoms. The van der Waals surface area contributed by atoms with Crippen LogP contribution >= 0.6 is 27.5 Å². The molecule has 0 aliphatic rings. The monoisotopic (exact) mass is 352 g/mol. The molecule has 0 saturated carbocycles.